The van der Waals surface area contributed by atoms with E-state index in [0.717, 1.165) is 55.9 Å². The first-order chi connectivity index (χ1) is 21.0. The number of carbonyl (C=O) groups excluding carboxylic acids is 2. The molecule has 1 heterocycles. The van der Waals surface area contributed by atoms with Crippen molar-refractivity contribution in [2.24, 2.45) is 11.1 Å². The number of nitrogens with two attached hydrogens (primary N) is 1. The highest BCUT2D eigenvalue weighted by Crippen LogP contribution is 2.51. The molecule has 0 aromatic heterocycles. The van der Waals surface area contributed by atoms with Crippen LogP contribution in [0.15, 0.2) is 48.5 Å². The Morgan fingerprint density at radius 3 is 2.43 bits per heavy atom. The second-order valence-corrected chi connectivity index (χ2v) is 12.5. The molecule has 6 nitrogen and oxygen atoms in total. The zero-order valence-corrected chi connectivity index (χ0v) is 24.5. The van der Waals surface area contributed by atoms with Gasteiger partial charge in [-0.3, -0.25) is 9.59 Å². The third-order valence-corrected chi connectivity index (χ3v) is 9.79. The molecule has 1 atom stereocenters. The summed E-state index contributed by atoms with van der Waals surface area (Å²) in [6, 6.07) is 12.5. The number of nitrogens with one attached hydrogen (secondary N) is 1. The molecule has 0 radical (unpaired) electrons. The van der Waals surface area contributed by atoms with Gasteiger partial charge in [-0.25, -0.2) is 8.78 Å². The van der Waals surface area contributed by atoms with Crippen molar-refractivity contribution < 1.29 is 36.6 Å². The van der Waals surface area contributed by atoms with Crippen molar-refractivity contribution in [3.05, 3.63) is 81.9 Å². The lowest BCUT2D eigenvalue weighted by Crippen LogP contribution is -2.47. The molecular weight excluding hydrogens is 600 g/mol. The minimum absolute atomic E-state index is 0.0784. The van der Waals surface area contributed by atoms with E-state index in [-0.39, 0.29) is 34.8 Å². The van der Waals surface area contributed by atoms with Gasteiger partial charge in [-0.05, 0) is 55.2 Å². The van der Waals surface area contributed by atoms with Crippen molar-refractivity contribution in [3.8, 4) is 22.6 Å². The Kier molecular flexibility index (Phi) is 8.09. The normalized spacial score (nSPS) is 24.5. The summed E-state index contributed by atoms with van der Waals surface area (Å²) in [6.07, 6.45) is 6.01. The van der Waals surface area contributed by atoms with E-state index in [1.165, 1.54) is 0 Å². The van der Waals surface area contributed by atoms with Crippen LogP contribution in [0.1, 0.15) is 66.4 Å². The lowest BCUT2D eigenvalue weighted by Gasteiger charge is -2.39. The molecule has 0 bridgehead atoms. The lowest BCUT2D eigenvalue weighted by molar-refractivity contribution is -0.118. The molecule has 2 aliphatic carbocycles. The quantitative estimate of drug-likeness (QED) is 0.260. The van der Waals surface area contributed by atoms with Crippen molar-refractivity contribution in [2.75, 3.05) is 6.54 Å². The smallest absolute Gasteiger partial charge is 0.387 e. The van der Waals surface area contributed by atoms with Gasteiger partial charge in [0, 0.05) is 54.6 Å². The van der Waals surface area contributed by atoms with E-state index in [0.29, 0.717) is 30.7 Å². The lowest BCUT2D eigenvalue weighted by atomic mass is 9.71. The Morgan fingerprint density at radius 1 is 1.07 bits per heavy atom. The predicted octanol–water partition coefficient (Wildman–Crippen LogP) is 7.09. The van der Waals surface area contributed by atoms with E-state index >= 15 is 8.78 Å². The van der Waals surface area contributed by atoms with Crippen molar-refractivity contribution in [2.45, 2.75) is 69.6 Å². The van der Waals surface area contributed by atoms with Crippen LogP contribution in [0.4, 0.5) is 17.6 Å². The monoisotopic (exact) mass is 630 g/mol. The molecule has 3 aromatic rings. The van der Waals surface area contributed by atoms with E-state index in [4.69, 9.17) is 22.1 Å². The highest BCUT2D eigenvalue weighted by molar-refractivity contribution is 6.34. The third kappa shape index (κ3) is 5.54. The molecule has 1 spiro atoms. The molecule has 1 aliphatic heterocycles. The number of ketones is 1. The molecule has 232 valence electrons. The first-order valence-corrected chi connectivity index (χ1v) is 15.0. The molecule has 3 aromatic carbocycles. The molecule has 44 heavy (non-hydrogen) atoms. The number of hydrogen-bond acceptors (Lipinski definition) is 5. The number of amides is 1. The van der Waals surface area contributed by atoms with Gasteiger partial charge in [-0.1, -0.05) is 41.9 Å². The number of fused-ring (bicyclic) bond motifs is 1. The minimum atomic E-state index is -3.35. The highest BCUT2D eigenvalue weighted by atomic mass is 35.5. The van der Waals surface area contributed by atoms with Gasteiger partial charge in [0.1, 0.15) is 17.3 Å². The van der Waals surface area contributed by atoms with Gasteiger partial charge in [0.25, 0.3) is 0 Å². The van der Waals surface area contributed by atoms with E-state index < -0.39 is 46.1 Å². The standard InChI is InChI=1S/C33H31ClF4N2O4/c34-28-23(35)14-25-22(26(28)27-21(30(39)42)6-7-24(29(27)36)43-31(37)38)16-33(44-25,18-4-2-1-3-5-18)17-40-19-8-11-32(12-9-19)13-10-20(41)15-32/h1-7,14,19,31,40H,8-13,15-17H2,(H2,39,42)/t19?,32?,33-/m1/s1. The summed E-state index contributed by atoms with van der Waals surface area (Å²) in [5, 5.41) is 3.12. The fourth-order valence-corrected chi connectivity index (χ4v) is 7.43. The van der Waals surface area contributed by atoms with Crippen LogP contribution in [0, 0.1) is 17.0 Å². The molecule has 3 N–H and O–H groups in total. The Hall–Kier alpha value is -3.63. The number of carbonyl (C=O) groups is 2. The van der Waals surface area contributed by atoms with Crippen LogP contribution in [-0.2, 0) is 16.8 Å². The first-order valence-electron chi connectivity index (χ1n) is 14.6. The minimum Gasteiger partial charge on any atom is -0.480 e. The number of benzene rings is 3. The summed E-state index contributed by atoms with van der Waals surface area (Å²) in [5.41, 5.74) is 4.49. The van der Waals surface area contributed by atoms with Gasteiger partial charge in [0.2, 0.25) is 5.91 Å². The summed E-state index contributed by atoms with van der Waals surface area (Å²) in [7, 11) is 0. The van der Waals surface area contributed by atoms with Crippen molar-refractivity contribution in [1.82, 2.24) is 5.32 Å². The maximum absolute atomic E-state index is 15.9. The molecule has 2 fully saturated rings. The summed E-state index contributed by atoms with van der Waals surface area (Å²) < 4.78 is 68.2. The Labute approximate surface area is 256 Å². The van der Waals surface area contributed by atoms with Crippen molar-refractivity contribution >= 4 is 23.3 Å². The van der Waals surface area contributed by atoms with E-state index in [1.54, 1.807) is 0 Å². The van der Waals surface area contributed by atoms with Gasteiger partial charge < -0.3 is 20.5 Å². The van der Waals surface area contributed by atoms with Crippen LogP contribution >= 0.6 is 11.6 Å². The summed E-state index contributed by atoms with van der Waals surface area (Å²) in [4.78, 5) is 24.4. The van der Waals surface area contributed by atoms with E-state index in [1.807, 2.05) is 30.3 Å². The second-order valence-electron chi connectivity index (χ2n) is 12.1. The largest absolute Gasteiger partial charge is 0.480 e. The van der Waals surface area contributed by atoms with Gasteiger partial charge >= 0.3 is 6.61 Å². The summed E-state index contributed by atoms with van der Waals surface area (Å²) in [6.45, 7) is -3.05. The molecule has 6 rings (SSSR count). The zero-order valence-electron chi connectivity index (χ0n) is 23.7. The van der Waals surface area contributed by atoms with Crippen LogP contribution in [0.3, 0.4) is 0 Å². The number of Topliss-reactive ketones (excluding diaryl/α,β-unsaturated/α-hetero) is 1. The van der Waals surface area contributed by atoms with E-state index in [9.17, 15) is 18.4 Å². The van der Waals surface area contributed by atoms with Crippen molar-refractivity contribution in [1.29, 1.82) is 0 Å². The molecule has 0 saturated heterocycles. The molecule has 2 saturated carbocycles. The summed E-state index contributed by atoms with van der Waals surface area (Å²) >= 11 is 6.45. The molecule has 0 unspecified atom stereocenters. The average Bonchev–Trinajstić information content (AvgIpc) is 3.55. The molecule has 11 heteroatoms. The Morgan fingerprint density at radius 2 is 1.80 bits per heavy atom. The fraction of sp³-hybridized carbons (Fsp3) is 0.394. The van der Waals surface area contributed by atoms with Crippen molar-refractivity contribution in [3.63, 3.8) is 0 Å². The SMILES string of the molecule is NC(=O)c1ccc(OC(F)F)c(F)c1-c1c(Cl)c(F)cc2c1C[C@@](CNC1CCC3(CCC(=O)C3)CC1)(c1ccccc1)O2. The zero-order chi connectivity index (χ0) is 31.2. The van der Waals surface area contributed by atoms with E-state index in [2.05, 4.69) is 10.1 Å². The van der Waals surface area contributed by atoms with Gasteiger partial charge in [-0.2, -0.15) is 8.78 Å². The maximum atomic E-state index is 15.9. The van der Waals surface area contributed by atoms with Gasteiger partial charge in [0.05, 0.1) is 10.6 Å². The number of alkyl halides is 2. The number of ether oxygens (including phenoxy) is 2. The number of rotatable bonds is 8. The van der Waals surface area contributed by atoms with Crippen LogP contribution in [-0.4, -0.2) is 30.9 Å². The fourth-order valence-electron chi connectivity index (χ4n) is 7.17. The van der Waals surface area contributed by atoms with Crippen LogP contribution in [0.2, 0.25) is 5.02 Å². The molecular formula is C33H31ClF4N2O4. The number of halogens is 5. The maximum Gasteiger partial charge on any atom is 0.387 e. The van der Waals surface area contributed by atoms with Crippen LogP contribution in [0.25, 0.3) is 11.1 Å². The Bertz CT molecular complexity index is 1610. The molecule has 1 amide bonds. The average molecular weight is 631 g/mol. The second kappa shape index (κ2) is 11.7. The van der Waals surface area contributed by atoms with Gasteiger partial charge in [-0.15, -0.1) is 0 Å². The van der Waals surface area contributed by atoms with Crippen LogP contribution in [0.5, 0.6) is 11.5 Å². The number of hydrogen-bond donors (Lipinski definition) is 2. The third-order valence-electron chi connectivity index (χ3n) is 9.42. The predicted molar refractivity (Wildman–Crippen MR) is 156 cm³/mol. The van der Waals surface area contributed by atoms with Crippen LogP contribution < -0.4 is 20.5 Å². The molecule has 3 aliphatic rings. The summed E-state index contributed by atoms with van der Waals surface area (Å²) in [5.74, 6) is -3.77. The number of primary amides is 1. The topological polar surface area (TPSA) is 90.7 Å². The van der Waals surface area contributed by atoms with Gasteiger partial charge in [0.15, 0.2) is 17.2 Å². The Balaban J connectivity index is 1.38. The highest BCUT2D eigenvalue weighted by Gasteiger charge is 2.46. The first kappa shape index (κ1) is 30.4.